The van der Waals surface area contributed by atoms with Gasteiger partial charge in [0.05, 0.1) is 11.4 Å². The lowest BCUT2D eigenvalue weighted by molar-refractivity contribution is 0.340. The minimum Gasteiger partial charge on any atom is -0.494 e. The van der Waals surface area contributed by atoms with Gasteiger partial charge in [-0.15, -0.1) is 0 Å². The standard InChI is InChI=1S/C17H18Br2O/c1-4-20-13-7-8-14(16(18)10-13)17(19)15-9-11(2)5-6-12(15)3/h5-10,17H,4H2,1-3H3. The van der Waals surface area contributed by atoms with Crippen molar-refractivity contribution in [3.63, 3.8) is 0 Å². The summed E-state index contributed by atoms with van der Waals surface area (Å²) in [6, 6.07) is 12.7. The summed E-state index contributed by atoms with van der Waals surface area (Å²) in [7, 11) is 0. The van der Waals surface area contributed by atoms with Crippen molar-refractivity contribution in [3.05, 3.63) is 63.1 Å². The van der Waals surface area contributed by atoms with Crippen molar-refractivity contribution in [3.8, 4) is 5.75 Å². The average molecular weight is 398 g/mol. The van der Waals surface area contributed by atoms with Crippen molar-refractivity contribution in [2.45, 2.75) is 25.6 Å². The van der Waals surface area contributed by atoms with Gasteiger partial charge in [-0.1, -0.05) is 61.7 Å². The number of hydrogen-bond acceptors (Lipinski definition) is 1. The molecule has 0 amide bonds. The molecule has 2 aromatic rings. The van der Waals surface area contributed by atoms with Crippen LogP contribution in [0.5, 0.6) is 5.75 Å². The summed E-state index contributed by atoms with van der Waals surface area (Å²) in [5.74, 6) is 0.892. The summed E-state index contributed by atoms with van der Waals surface area (Å²) in [6.07, 6.45) is 0. The summed E-state index contributed by atoms with van der Waals surface area (Å²) in [5.41, 5.74) is 5.08. The van der Waals surface area contributed by atoms with Crippen LogP contribution in [0.3, 0.4) is 0 Å². The van der Waals surface area contributed by atoms with Crippen molar-refractivity contribution in [2.75, 3.05) is 6.61 Å². The molecule has 0 saturated carbocycles. The SMILES string of the molecule is CCOc1ccc(C(Br)c2cc(C)ccc2C)c(Br)c1. The molecule has 0 spiro atoms. The van der Waals surface area contributed by atoms with Gasteiger partial charge in [0, 0.05) is 4.47 Å². The summed E-state index contributed by atoms with van der Waals surface area (Å²) in [5, 5.41) is 0. The van der Waals surface area contributed by atoms with Crippen LogP contribution in [-0.2, 0) is 0 Å². The smallest absolute Gasteiger partial charge is 0.120 e. The molecule has 1 unspecified atom stereocenters. The molecule has 0 aliphatic heterocycles. The highest BCUT2D eigenvalue weighted by molar-refractivity contribution is 9.11. The van der Waals surface area contributed by atoms with Gasteiger partial charge in [0.1, 0.15) is 5.75 Å². The Morgan fingerprint density at radius 3 is 2.45 bits per heavy atom. The largest absolute Gasteiger partial charge is 0.494 e. The van der Waals surface area contributed by atoms with E-state index in [1.807, 2.05) is 19.1 Å². The van der Waals surface area contributed by atoms with Crippen LogP contribution in [0.2, 0.25) is 0 Å². The third-order valence-corrected chi connectivity index (χ3v) is 4.94. The van der Waals surface area contributed by atoms with Crippen LogP contribution >= 0.6 is 31.9 Å². The number of alkyl halides is 1. The molecule has 0 radical (unpaired) electrons. The van der Waals surface area contributed by atoms with E-state index in [1.54, 1.807) is 0 Å². The lowest BCUT2D eigenvalue weighted by Crippen LogP contribution is -1.99. The van der Waals surface area contributed by atoms with Crippen LogP contribution < -0.4 is 4.74 Å². The minimum atomic E-state index is 0.174. The number of hydrogen-bond donors (Lipinski definition) is 0. The molecular weight excluding hydrogens is 380 g/mol. The zero-order valence-corrected chi connectivity index (χ0v) is 15.1. The lowest BCUT2D eigenvalue weighted by atomic mass is 9.98. The van der Waals surface area contributed by atoms with Crippen molar-refractivity contribution < 1.29 is 4.74 Å². The Morgan fingerprint density at radius 1 is 1.05 bits per heavy atom. The van der Waals surface area contributed by atoms with Gasteiger partial charge in [0.2, 0.25) is 0 Å². The van der Waals surface area contributed by atoms with Gasteiger partial charge in [-0.25, -0.2) is 0 Å². The molecule has 3 heteroatoms. The van der Waals surface area contributed by atoms with Crippen molar-refractivity contribution in [1.29, 1.82) is 0 Å². The normalized spacial score (nSPS) is 12.2. The van der Waals surface area contributed by atoms with Gasteiger partial charge >= 0.3 is 0 Å². The highest BCUT2D eigenvalue weighted by Crippen LogP contribution is 2.38. The van der Waals surface area contributed by atoms with Crippen LogP contribution in [-0.4, -0.2) is 6.61 Å². The van der Waals surface area contributed by atoms with E-state index in [9.17, 15) is 0 Å². The molecule has 0 aromatic heterocycles. The van der Waals surface area contributed by atoms with Crippen molar-refractivity contribution in [1.82, 2.24) is 0 Å². The second kappa shape index (κ2) is 6.77. The fraction of sp³-hybridized carbons (Fsp3) is 0.294. The Hall–Kier alpha value is -0.800. The highest BCUT2D eigenvalue weighted by Gasteiger charge is 2.16. The molecule has 0 saturated heterocycles. The Bertz CT molecular complexity index is 608. The van der Waals surface area contributed by atoms with Crippen molar-refractivity contribution >= 4 is 31.9 Å². The molecule has 2 aromatic carbocycles. The van der Waals surface area contributed by atoms with E-state index in [0.29, 0.717) is 6.61 Å². The maximum Gasteiger partial charge on any atom is 0.120 e. The number of benzene rings is 2. The monoisotopic (exact) mass is 396 g/mol. The fourth-order valence-corrected chi connectivity index (χ4v) is 3.96. The predicted octanol–water partition coefficient (Wildman–Crippen LogP) is 5.95. The van der Waals surface area contributed by atoms with E-state index in [0.717, 1.165) is 10.2 Å². The van der Waals surface area contributed by atoms with Gasteiger partial charge in [-0.3, -0.25) is 0 Å². The number of halogens is 2. The summed E-state index contributed by atoms with van der Waals surface area (Å²) < 4.78 is 6.59. The maximum atomic E-state index is 5.52. The van der Waals surface area contributed by atoms with E-state index < -0.39 is 0 Å². The Morgan fingerprint density at radius 2 is 1.80 bits per heavy atom. The average Bonchev–Trinajstić information content (AvgIpc) is 2.41. The third kappa shape index (κ3) is 3.44. The number of ether oxygens (including phenoxy) is 1. The minimum absolute atomic E-state index is 0.174. The van der Waals surface area contributed by atoms with Gasteiger partial charge < -0.3 is 4.74 Å². The topological polar surface area (TPSA) is 9.23 Å². The summed E-state index contributed by atoms with van der Waals surface area (Å²) >= 11 is 7.47. The van der Waals surface area contributed by atoms with Gasteiger partial charge in [-0.2, -0.15) is 0 Å². The highest BCUT2D eigenvalue weighted by atomic mass is 79.9. The van der Waals surface area contributed by atoms with E-state index in [4.69, 9.17) is 4.74 Å². The number of rotatable bonds is 4. The van der Waals surface area contributed by atoms with E-state index in [2.05, 4.69) is 70.0 Å². The Kier molecular flexibility index (Phi) is 5.28. The second-order valence-corrected chi connectivity index (χ2v) is 6.61. The molecule has 0 N–H and O–H groups in total. The Labute approximate surface area is 137 Å². The molecule has 0 heterocycles. The van der Waals surface area contributed by atoms with E-state index in [-0.39, 0.29) is 4.83 Å². The van der Waals surface area contributed by atoms with Crippen LogP contribution in [0.1, 0.15) is 34.0 Å². The lowest BCUT2D eigenvalue weighted by Gasteiger charge is -2.17. The second-order valence-electron chi connectivity index (χ2n) is 4.84. The van der Waals surface area contributed by atoms with Crippen LogP contribution in [0.15, 0.2) is 40.9 Å². The molecular formula is C17H18Br2O. The summed E-state index contributed by atoms with van der Waals surface area (Å²) in [6.45, 7) is 6.94. The third-order valence-electron chi connectivity index (χ3n) is 3.26. The first-order valence-electron chi connectivity index (χ1n) is 6.66. The molecule has 0 aliphatic carbocycles. The zero-order valence-electron chi connectivity index (χ0n) is 11.9. The van der Waals surface area contributed by atoms with Crippen molar-refractivity contribution in [2.24, 2.45) is 0 Å². The van der Waals surface area contributed by atoms with Gasteiger partial charge in [0.15, 0.2) is 0 Å². The van der Waals surface area contributed by atoms with Gasteiger partial charge in [-0.05, 0) is 49.6 Å². The molecule has 0 fully saturated rings. The molecule has 0 bridgehead atoms. The molecule has 1 atom stereocenters. The maximum absolute atomic E-state index is 5.52. The first-order chi connectivity index (χ1) is 9.52. The molecule has 0 aliphatic rings. The quantitative estimate of drug-likeness (QED) is 0.579. The van der Waals surface area contributed by atoms with Crippen LogP contribution in [0.4, 0.5) is 0 Å². The molecule has 106 valence electrons. The molecule has 1 nitrogen and oxygen atoms in total. The Balaban J connectivity index is 2.38. The zero-order chi connectivity index (χ0) is 14.7. The first-order valence-corrected chi connectivity index (χ1v) is 8.37. The molecule has 20 heavy (non-hydrogen) atoms. The predicted molar refractivity (Wildman–Crippen MR) is 92.0 cm³/mol. The van der Waals surface area contributed by atoms with Crippen LogP contribution in [0.25, 0.3) is 0 Å². The number of aryl methyl sites for hydroxylation is 2. The van der Waals surface area contributed by atoms with Crippen LogP contribution in [0, 0.1) is 13.8 Å². The van der Waals surface area contributed by atoms with E-state index >= 15 is 0 Å². The summed E-state index contributed by atoms with van der Waals surface area (Å²) in [4.78, 5) is 0.174. The fourth-order valence-electron chi connectivity index (χ4n) is 2.17. The van der Waals surface area contributed by atoms with E-state index in [1.165, 1.54) is 22.3 Å². The van der Waals surface area contributed by atoms with Gasteiger partial charge in [0.25, 0.3) is 0 Å². The molecule has 2 rings (SSSR count). The first kappa shape index (κ1) is 15.6.